The maximum atomic E-state index is 11.8. The molecule has 0 atom stereocenters. The lowest BCUT2D eigenvalue weighted by Crippen LogP contribution is -2.27. The number of benzene rings is 2. The van der Waals surface area contributed by atoms with Gasteiger partial charge in [0.1, 0.15) is 18.0 Å². The first-order valence-corrected chi connectivity index (χ1v) is 7.99. The van der Waals surface area contributed by atoms with Crippen LogP contribution in [0.3, 0.4) is 0 Å². The summed E-state index contributed by atoms with van der Waals surface area (Å²) >= 11 is 0. The Bertz CT molecular complexity index is 801. The van der Waals surface area contributed by atoms with Gasteiger partial charge >= 0.3 is 6.09 Å². The number of amides is 1. The number of carbonyl (C=O) groups is 1. The van der Waals surface area contributed by atoms with E-state index in [1.807, 2.05) is 45.9 Å². The Morgan fingerprint density at radius 2 is 1.96 bits per heavy atom. The fourth-order valence-corrected chi connectivity index (χ4v) is 2.18. The molecule has 0 aliphatic carbocycles. The highest BCUT2D eigenvalue weighted by Crippen LogP contribution is 2.23. The van der Waals surface area contributed by atoms with Crippen molar-refractivity contribution in [2.24, 2.45) is 0 Å². The van der Waals surface area contributed by atoms with Crippen molar-refractivity contribution in [1.29, 1.82) is 5.26 Å². The number of aryl methyl sites for hydroxylation is 1. The number of nitrogens with one attached hydrogen (secondary N) is 1. The number of nitriles is 1. The number of anilines is 1. The second-order valence-electron chi connectivity index (χ2n) is 6.70. The van der Waals surface area contributed by atoms with E-state index in [0.29, 0.717) is 23.6 Å². The van der Waals surface area contributed by atoms with Crippen molar-refractivity contribution < 1.29 is 14.3 Å². The zero-order valence-corrected chi connectivity index (χ0v) is 14.9. The van der Waals surface area contributed by atoms with Crippen molar-refractivity contribution in [1.82, 2.24) is 0 Å². The van der Waals surface area contributed by atoms with Crippen LogP contribution in [-0.4, -0.2) is 11.7 Å². The van der Waals surface area contributed by atoms with Gasteiger partial charge in [-0.2, -0.15) is 5.26 Å². The number of hydrogen-bond acceptors (Lipinski definition) is 4. The summed E-state index contributed by atoms with van der Waals surface area (Å²) in [4.78, 5) is 11.8. The third-order valence-corrected chi connectivity index (χ3v) is 3.30. The molecule has 1 amide bonds. The van der Waals surface area contributed by atoms with E-state index >= 15 is 0 Å². The summed E-state index contributed by atoms with van der Waals surface area (Å²) < 4.78 is 11.0. The quantitative estimate of drug-likeness (QED) is 0.870. The summed E-state index contributed by atoms with van der Waals surface area (Å²) in [5.41, 5.74) is 2.53. The maximum Gasteiger partial charge on any atom is 0.412 e. The Balaban J connectivity index is 1.99. The van der Waals surface area contributed by atoms with Gasteiger partial charge in [-0.15, -0.1) is 0 Å². The van der Waals surface area contributed by atoms with Crippen molar-refractivity contribution in [3.63, 3.8) is 0 Å². The van der Waals surface area contributed by atoms with Gasteiger partial charge < -0.3 is 9.47 Å². The summed E-state index contributed by atoms with van der Waals surface area (Å²) in [5.74, 6) is 0.689. The third-order valence-electron chi connectivity index (χ3n) is 3.30. The minimum absolute atomic E-state index is 0.369. The van der Waals surface area contributed by atoms with E-state index in [4.69, 9.17) is 14.7 Å². The topological polar surface area (TPSA) is 71.3 Å². The molecule has 1 N–H and O–H groups in total. The second kappa shape index (κ2) is 7.71. The highest BCUT2D eigenvalue weighted by atomic mass is 16.6. The van der Waals surface area contributed by atoms with E-state index in [0.717, 1.165) is 11.1 Å². The molecule has 25 heavy (non-hydrogen) atoms. The average Bonchev–Trinajstić information content (AvgIpc) is 2.53. The normalized spacial score (nSPS) is 10.7. The van der Waals surface area contributed by atoms with Crippen LogP contribution in [0.15, 0.2) is 42.5 Å². The minimum Gasteiger partial charge on any atom is -0.489 e. The first kappa shape index (κ1) is 18.3. The van der Waals surface area contributed by atoms with Crippen molar-refractivity contribution in [3.8, 4) is 11.8 Å². The van der Waals surface area contributed by atoms with Crippen LogP contribution in [0.2, 0.25) is 0 Å². The summed E-state index contributed by atoms with van der Waals surface area (Å²) in [7, 11) is 0. The van der Waals surface area contributed by atoms with Gasteiger partial charge in [0.05, 0.1) is 11.6 Å². The first-order valence-electron chi connectivity index (χ1n) is 7.99. The summed E-state index contributed by atoms with van der Waals surface area (Å²) in [6.07, 6.45) is -0.488. The zero-order valence-electron chi connectivity index (χ0n) is 14.9. The molecule has 0 fully saturated rings. The Labute approximate surface area is 148 Å². The highest BCUT2D eigenvalue weighted by molar-refractivity contribution is 5.86. The molecule has 5 nitrogen and oxygen atoms in total. The molecule has 2 aromatic carbocycles. The molecule has 130 valence electrons. The molecule has 0 aliphatic rings. The van der Waals surface area contributed by atoms with Crippen LogP contribution in [0.1, 0.15) is 37.5 Å². The Morgan fingerprint density at radius 1 is 1.20 bits per heavy atom. The van der Waals surface area contributed by atoms with Crippen molar-refractivity contribution in [3.05, 3.63) is 59.2 Å². The van der Waals surface area contributed by atoms with Gasteiger partial charge in [0.25, 0.3) is 0 Å². The van der Waals surface area contributed by atoms with Crippen molar-refractivity contribution in [2.45, 2.75) is 39.9 Å². The molecule has 0 spiro atoms. The average molecular weight is 338 g/mol. The Hall–Kier alpha value is -3.00. The second-order valence-corrected chi connectivity index (χ2v) is 6.70. The largest absolute Gasteiger partial charge is 0.489 e. The van der Waals surface area contributed by atoms with Crippen LogP contribution < -0.4 is 10.1 Å². The highest BCUT2D eigenvalue weighted by Gasteiger charge is 2.16. The summed E-state index contributed by atoms with van der Waals surface area (Å²) in [6, 6.07) is 14.8. The van der Waals surface area contributed by atoms with Gasteiger partial charge in [0.15, 0.2) is 0 Å². The van der Waals surface area contributed by atoms with E-state index in [1.165, 1.54) is 0 Å². The summed E-state index contributed by atoms with van der Waals surface area (Å²) in [5, 5.41) is 11.7. The first-order chi connectivity index (χ1) is 11.8. The van der Waals surface area contributed by atoms with Crippen LogP contribution in [0.25, 0.3) is 0 Å². The van der Waals surface area contributed by atoms with E-state index in [-0.39, 0.29) is 0 Å². The molecular formula is C20H22N2O3. The lowest BCUT2D eigenvalue weighted by atomic mass is 10.1. The molecule has 2 rings (SSSR count). The Morgan fingerprint density at radius 3 is 2.60 bits per heavy atom. The third kappa shape index (κ3) is 5.85. The Kier molecular flexibility index (Phi) is 5.66. The molecule has 2 aromatic rings. The fourth-order valence-electron chi connectivity index (χ4n) is 2.18. The lowest BCUT2D eigenvalue weighted by Gasteiger charge is -2.20. The molecule has 0 radical (unpaired) electrons. The molecule has 0 saturated heterocycles. The number of hydrogen-bond donors (Lipinski definition) is 1. The van der Waals surface area contributed by atoms with Gasteiger partial charge in [-0.05, 0) is 69.2 Å². The van der Waals surface area contributed by atoms with Crippen LogP contribution in [0.5, 0.6) is 5.75 Å². The van der Waals surface area contributed by atoms with Crippen LogP contribution in [0.4, 0.5) is 10.5 Å². The van der Waals surface area contributed by atoms with E-state index < -0.39 is 11.7 Å². The number of ether oxygens (including phenoxy) is 2. The number of nitrogens with zero attached hydrogens (tertiary/aromatic N) is 1. The smallest absolute Gasteiger partial charge is 0.412 e. The van der Waals surface area contributed by atoms with Crippen molar-refractivity contribution >= 4 is 11.8 Å². The SMILES string of the molecule is Cc1cc(OCc2cccc(C#N)c2)ccc1NC(=O)OC(C)(C)C. The predicted octanol–water partition coefficient (Wildman–Crippen LogP) is 4.79. The molecule has 0 saturated carbocycles. The lowest BCUT2D eigenvalue weighted by molar-refractivity contribution is 0.0636. The van der Waals surface area contributed by atoms with Crippen LogP contribution >= 0.6 is 0 Å². The molecule has 0 aliphatic heterocycles. The molecular weight excluding hydrogens is 316 g/mol. The van der Waals surface area contributed by atoms with Gasteiger partial charge in [-0.25, -0.2) is 4.79 Å². The van der Waals surface area contributed by atoms with Crippen LogP contribution in [0, 0.1) is 18.3 Å². The van der Waals surface area contributed by atoms with Gasteiger partial charge in [0, 0.05) is 5.69 Å². The van der Waals surface area contributed by atoms with Gasteiger partial charge in [0.2, 0.25) is 0 Å². The molecule has 0 unspecified atom stereocenters. The standard InChI is InChI=1S/C20H22N2O3/c1-14-10-17(24-13-16-7-5-6-15(11-16)12-21)8-9-18(14)22-19(23)25-20(2,3)4/h5-11H,13H2,1-4H3,(H,22,23). The zero-order chi connectivity index (χ0) is 18.4. The van der Waals surface area contributed by atoms with Crippen molar-refractivity contribution in [2.75, 3.05) is 5.32 Å². The maximum absolute atomic E-state index is 11.8. The molecule has 5 heteroatoms. The van der Waals surface area contributed by atoms with E-state index in [9.17, 15) is 4.79 Å². The fraction of sp³-hybridized carbons (Fsp3) is 0.300. The number of carbonyl (C=O) groups excluding carboxylic acids is 1. The predicted molar refractivity (Wildman–Crippen MR) is 96.5 cm³/mol. The summed E-state index contributed by atoms with van der Waals surface area (Å²) in [6.45, 7) is 7.71. The molecule has 0 aromatic heterocycles. The molecule has 0 bridgehead atoms. The monoisotopic (exact) mass is 338 g/mol. The van der Waals surface area contributed by atoms with E-state index in [2.05, 4.69) is 11.4 Å². The molecule has 0 heterocycles. The van der Waals surface area contributed by atoms with Crippen LogP contribution in [-0.2, 0) is 11.3 Å². The minimum atomic E-state index is -0.543. The van der Waals surface area contributed by atoms with E-state index in [1.54, 1.807) is 24.3 Å². The van der Waals surface area contributed by atoms with Gasteiger partial charge in [-0.3, -0.25) is 5.32 Å². The number of rotatable bonds is 4. The van der Waals surface area contributed by atoms with Gasteiger partial charge in [-0.1, -0.05) is 12.1 Å².